The minimum atomic E-state index is -0.432. The third-order valence-electron chi connectivity index (χ3n) is 3.96. The first kappa shape index (κ1) is 17.0. The van der Waals surface area contributed by atoms with Gasteiger partial charge >= 0.3 is 5.69 Å². The number of imidazole rings is 1. The second kappa shape index (κ2) is 6.98. The normalized spacial score (nSPS) is 11.8. The van der Waals surface area contributed by atoms with Gasteiger partial charge in [-0.1, -0.05) is 24.3 Å². The smallest absolute Gasteiger partial charge is 0.287 e. The molecule has 3 aromatic rings. The fourth-order valence-electron chi connectivity index (χ4n) is 2.83. The van der Waals surface area contributed by atoms with Crippen LogP contribution in [0.4, 0.5) is 5.69 Å². The summed E-state index contributed by atoms with van der Waals surface area (Å²) in [5.41, 5.74) is 3.29. The van der Waals surface area contributed by atoms with Crippen molar-refractivity contribution in [1.29, 1.82) is 0 Å². The fraction of sp³-hybridized carbons (Fsp3) is 0.167. The molecular weight excluding hydrogens is 338 g/mol. The summed E-state index contributed by atoms with van der Waals surface area (Å²) in [4.78, 5) is 23.3. The third kappa shape index (κ3) is 3.23. The van der Waals surface area contributed by atoms with Gasteiger partial charge in [0.15, 0.2) is 0 Å². The van der Waals surface area contributed by atoms with E-state index in [0.29, 0.717) is 6.54 Å². The van der Waals surface area contributed by atoms with Gasteiger partial charge in [0.25, 0.3) is 5.69 Å². The Morgan fingerprint density at radius 3 is 2.40 bits per heavy atom. The minimum absolute atomic E-state index is 0.0391. The van der Waals surface area contributed by atoms with Crippen molar-refractivity contribution < 1.29 is 4.92 Å². The highest BCUT2D eigenvalue weighted by molar-refractivity contribution is 8.01. The Balaban J connectivity index is 2.10. The summed E-state index contributed by atoms with van der Waals surface area (Å²) in [5.74, 6) is 0. The number of aromatic nitrogens is 2. The number of nitrogens with zero attached hydrogens (tertiary/aromatic N) is 3. The molecule has 0 N–H and O–H groups in total. The second-order valence-corrected chi connectivity index (χ2v) is 6.32. The Morgan fingerprint density at radius 1 is 1.16 bits per heavy atom. The first-order valence-electron chi connectivity index (χ1n) is 7.66. The van der Waals surface area contributed by atoms with E-state index in [1.807, 2.05) is 42.9 Å². The van der Waals surface area contributed by atoms with E-state index < -0.39 is 4.92 Å². The number of rotatable bonds is 5. The highest BCUT2D eigenvalue weighted by atomic mass is 32.2. The van der Waals surface area contributed by atoms with Crippen molar-refractivity contribution in [1.82, 2.24) is 9.13 Å². The molecule has 6 nitrogen and oxygen atoms in total. The van der Waals surface area contributed by atoms with Crippen LogP contribution >= 0.6 is 11.8 Å². The maximum atomic E-state index is 13.0. The van der Waals surface area contributed by atoms with Gasteiger partial charge in [-0.2, -0.15) is 0 Å². The maximum absolute atomic E-state index is 13.0. The first-order valence-corrected chi connectivity index (χ1v) is 8.95. The van der Waals surface area contributed by atoms with Crippen molar-refractivity contribution in [3.8, 4) is 0 Å². The van der Waals surface area contributed by atoms with E-state index in [9.17, 15) is 14.9 Å². The number of non-ortho nitro benzene ring substituents is 1. The summed E-state index contributed by atoms with van der Waals surface area (Å²) in [6.07, 6.45) is 1.95. The largest absolute Gasteiger partial charge is 0.333 e. The molecule has 128 valence electrons. The van der Waals surface area contributed by atoms with Crippen LogP contribution in [0.2, 0.25) is 0 Å². The lowest BCUT2D eigenvalue weighted by Gasteiger charge is -2.04. The molecule has 1 heterocycles. The molecule has 0 atom stereocenters. The molecule has 0 saturated heterocycles. The van der Waals surface area contributed by atoms with Crippen LogP contribution in [0.25, 0.3) is 16.7 Å². The number of nitro groups is 1. The lowest BCUT2D eigenvalue weighted by molar-refractivity contribution is -0.384. The first-order chi connectivity index (χ1) is 12.0. The number of hydrogen-bond donors (Lipinski definition) is 0. The average Bonchev–Trinajstić information content (AvgIpc) is 2.88. The van der Waals surface area contributed by atoms with E-state index in [1.54, 1.807) is 33.0 Å². The summed E-state index contributed by atoms with van der Waals surface area (Å²) in [5, 5.41) is 12.7. The highest BCUT2D eigenvalue weighted by Crippen LogP contribution is 2.20. The summed E-state index contributed by atoms with van der Waals surface area (Å²) in [7, 11) is 0. The molecule has 7 heteroatoms. The van der Waals surface area contributed by atoms with Crippen molar-refractivity contribution in [2.24, 2.45) is 0 Å². The number of benzene rings is 2. The van der Waals surface area contributed by atoms with E-state index >= 15 is 0 Å². The van der Waals surface area contributed by atoms with Crippen LogP contribution in [0.15, 0.2) is 58.7 Å². The van der Waals surface area contributed by atoms with E-state index in [-0.39, 0.29) is 11.4 Å². The maximum Gasteiger partial charge on any atom is 0.333 e. The van der Waals surface area contributed by atoms with Crippen LogP contribution in [0.3, 0.4) is 0 Å². The minimum Gasteiger partial charge on any atom is -0.287 e. The van der Waals surface area contributed by atoms with Crippen molar-refractivity contribution >= 4 is 34.2 Å². The summed E-state index contributed by atoms with van der Waals surface area (Å²) in [6, 6.07) is 13.9. The number of nitro benzene ring substituents is 1. The molecule has 0 amide bonds. The molecule has 0 bridgehead atoms. The average molecular weight is 355 g/mol. The van der Waals surface area contributed by atoms with E-state index in [2.05, 4.69) is 0 Å². The molecule has 0 unspecified atom stereocenters. The quantitative estimate of drug-likeness (QED) is 0.513. The van der Waals surface area contributed by atoms with Gasteiger partial charge in [0.05, 0.1) is 22.5 Å². The van der Waals surface area contributed by atoms with Gasteiger partial charge in [0, 0.05) is 17.8 Å². The van der Waals surface area contributed by atoms with Crippen LogP contribution in [0.5, 0.6) is 0 Å². The lowest BCUT2D eigenvalue weighted by atomic mass is 10.2. The molecular formula is C18H17N3O3S. The highest BCUT2D eigenvalue weighted by Gasteiger charge is 2.14. The van der Waals surface area contributed by atoms with Gasteiger partial charge in [-0.15, -0.1) is 11.8 Å². The molecule has 2 aromatic carbocycles. The predicted octanol–water partition coefficient (Wildman–Crippen LogP) is 3.94. The SMILES string of the molecule is CSC=C(C)n1c(=O)n(Cc2ccc([N+](=O)[O-])cc2)c2ccccc21. The van der Waals surface area contributed by atoms with Crippen molar-refractivity contribution in [2.75, 3.05) is 6.26 Å². The third-order valence-corrected chi connectivity index (χ3v) is 4.54. The van der Waals surface area contributed by atoms with E-state index in [1.165, 1.54) is 12.1 Å². The van der Waals surface area contributed by atoms with E-state index in [0.717, 1.165) is 22.3 Å². The number of thioether (sulfide) groups is 1. The standard InChI is InChI=1S/C18H17N3O3S/c1-13(12-25-2)20-17-6-4-3-5-16(17)19(18(20)22)11-14-7-9-15(10-8-14)21(23)24/h3-10,12H,11H2,1-2H3. The fourth-order valence-corrected chi connectivity index (χ4v) is 3.28. The Hall–Kier alpha value is -2.80. The van der Waals surface area contributed by atoms with Crippen LogP contribution in [-0.2, 0) is 6.54 Å². The van der Waals surface area contributed by atoms with Crippen LogP contribution in [0.1, 0.15) is 12.5 Å². The van der Waals surface area contributed by atoms with Gasteiger partial charge in [0.2, 0.25) is 0 Å². The lowest BCUT2D eigenvalue weighted by Crippen LogP contribution is -2.23. The summed E-state index contributed by atoms with van der Waals surface area (Å²) in [6.45, 7) is 2.26. The molecule has 0 aliphatic carbocycles. The van der Waals surface area contributed by atoms with Gasteiger partial charge in [0.1, 0.15) is 0 Å². The molecule has 3 rings (SSSR count). The Morgan fingerprint density at radius 2 is 1.80 bits per heavy atom. The van der Waals surface area contributed by atoms with Gasteiger partial charge in [-0.25, -0.2) is 4.79 Å². The van der Waals surface area contributed by atoms with Crippen LogP contribution in [0, 0.1) is 10.1 Å². The Bertz CT molecular complexity index is 1020. The number of allylic oxidation sites excluding steroid dienone is 1. The molecule has 0 aliphatic rings. The Labute approximate surface area is 148 Å². The number of para-hydroxylation sites is 2. The monoisotopic (exact) mass is 355 g/mol. The Kier molecular flexibility index (Phi) is 4.76. The molecule has 1 aromatic heterocycles. The molecule has 0 saturated carbocycles. The molecule has 0 spiro atoms. The number of hydrogen-bond acceptors (Lipinski definition) is 4. The number of fused-ring (bicyclic) bond motifs is 1. The van der Waals surface area contributed by atoms with Crippen LogP contribution < -0.4 is 5.69 Å². The van der Waals surface area contributed by atoms with Crippen molar-refractivity contribution in [3.05, 3.63) is 80.1 Å². The van der Waals surface area contributed by atoms with Crippen molar-refractivity contribution in [3.63, 3.8) is 0 Å². The molecule has 0 aliphatic heterocycles. The molecule has 25 heavy (non-hydrogen) atoms. The van der Waals surface area contributed by atoms with Gasteiger partial charge in [-0.3, -0.25) is 19.2 Å². The summed E-state index contributed by atoms with van der Waals surface area (Å²) >= 11 is 1.54. The molecule has 0 radical (unpaired) electrons. The zero-order valence-corrected chi connectivity index (χ0v) is 14.7. The summed E-state index contributed by atoms with van der Waals surface area (Å²) < 4.78 is 3.38. The van der Waals surface area contributed by atoms with Crippen molar-refractivity contribution in [2.45, 2.75) is 13.5 Å². The second-order valence-electron chi connectivity index (χ2n) is 5.61. The van der Waals surface area contributed by atoms with Crippen LogP contribution in [-0.4, -0.2) is 20.3 Å². The van der Waals surface area contributed by atoms with Gasteiger partial charge in [-0.05, 0) is 36.3 Å². The zero-order chi connectivity index (χ0) is 18.0. The topological polar surface area (TPSA) is 70.1 Å². The van der Waals surface area contributed by atoms with Gasteiger partial charge < -0.3 is 0 Å². The van der Waals surface area contributed by atoms with E-state index in [4.69, 9.17) is 0 Å². The molecule has 0 fully saturated rings. The predicted molar refractivity (Wildman–Crippen MR) is 102 cm³/mol. The zero-order valence-electron chi connectivity index (χ0n) is 13.9.